The summed E-state index contributed by atoms with van der Waals surface area (Å²) in [5, 5.41) is 5.27. The Bertz CT molecular complexity index is 921. The molecule has 2 heterocycles. The number of thiophene rings is 1. The number of hydrogen-bond donors (Lipinski definition) is 1. The number of nitrogens with one attached hydrogen (secondary N) is 1. The number of aromatic nitrogens is 2. The molecule has 3 rings (SSSR count). The molecule has 0 aromatic carbocycles. The maximum Gasteiger partial charge on any atom is 0.247 e. The highest BCUT2D eigenvalue weighted by atomic mass is 32.1. The van der Waals surface area contributed by atoms with Crippen LogP contribution in [-0.2, 0) is 22.7 Å². The fraction of sp³-hybridized carbons (Fsp3) is 0.480. The van der Waals surface area contributed by atoms with E-state index in [1.165, 1.54) is 6.42 Å². The van der Waals surface area contributed by atoms with Crippen LogP contribution in [0.4, 0.5) is 0 Å². The highest BCUT2D eigenvalue weighted by Crippen LogP contribution is 2.24. The van der Waals surface area contributed by atoms with Crippen molar-refractivity contribution in [2.75, 3.05) is 0 Å². The van der Waals surface area contributed by atoms with Crippen molar-refractivity contribution in [2.45, 2.75) is 78.0 Å². The highest BCUT2D eigenvalue weighted by molar-refractivity contribution is 7.09. The number of amides is 2. The van der Waals surface area contributed by atoms with Gasteiger partial charge >= 0.3 is 0 Å². The smallest absolute Gasteiger partial charge is 0.247 e. The fourth-order valence-corrected chi connectivity index (χ4v) is 4.91. The number of carbonyl (C=O) groups excluding carboxylic acids is 2. The van der Waals surface area contributed by atoms with E-state index in [-0.39, 0.29) is 24.4 Å². The Morgan fingerprint density at radius 2 is 2.09 bits per heavy atom. The number of imidazole rings is 1. The molecule has 0 aliphatic heterocycles. The van der Waals surface area contributed by atoms with Crippen LogP contribution in [0, 0.1) is 0 Å². The molecule has 172 valence electrons. The van der Waals surface area contributed by atoms with Gasteiger partial charge in [0.15, 0.2) is 0 Å². The third-order valence-electron chi connectivity index (χ3n) is 5.83. The topological polar surface area (TPSA) is 67.2 Å². The van der Waals surface area contributed by atoms with Crippen molar-refractivity contribution in [2.24, 2.45) is 0 Å². The average molecular weight is 455 g/mol. The lowest BCUT2D eigenvalue weighted by Crippen LogP contribution is -2.53. The Hall–Kier alpha value is -2.67. The second-order valence-corrected chi connectivity index (χ2v) is 9.57. The fourth-order valence-electron chi connectivity index (χ4n) is 4.21. The van der Waals surface area contributed by atoms with Crippen molar-refractivity contribution in [3.63, 3.8) is 0 Å². The molecule has 1 aliphatic rings. The second kappa shape index (κ2) is 11.8. The minimum atomic E-state index is -0.684. The van der Waals surface area contributed by atoms with Crippen LogP contribution in [-0.4, -0.2) is 38.3 Å². The van der Waals surface area contributed by atoms with Crippen LogP contribution in [0.5, 0.6) is 0 Å². The lowest BCUT2D eigenvalue weighted by Gasteiger charge is -2.34. The van der Waals surface area contributed by atoms with Crippen molar-refractivity contribution in [3.8, 4) is 0 Å². The summed E-state index contributed by atoms with van der Waals surface area (Å²) in [6.07, 6.45) is 14.5. The molecule has 0 radical (unpaired) electrons. The third-order valence-corrected chi connectivity index (χ3v) is 6.69. The molecular weight excluding hydrogens is 420 g/mol. The molecule has 2 aromatic heterocycles. The summed E-state index contributed by atoms with van der Waals surface area (Å²) in [5.41, 5.74) is 1.90. The molecule has 0 bridgehead atoms. The predicted octanol–water partition coefficient (Wildman–Crippen LogP) is 4.70. The number of hydrogen-bond acceptors (Lipinski definition) is 4. The Morgan fingerprint density at radius 3 is 2.69 bits per heavy atom. The van der Waals surface area contributed by atoms with Gasteiger partial charge in [0.2, 0.25) is 11.8 Å². The molecule has 1 N–H and O–H groups in total. The van der Waals surface area contributed by atoms with E-state index in [1.54, 1.807) is 39.5 Å². The maximum atomic E-state index is 13.7. The van der Waals surface area contributed by atoms with Gasteiger partial charge < -0.3 is 14.8 Å². The number of carbonyl (C=O) groups is 2. The molecule has 1 saturated carbocycles. The first-order chi connectivity index (χ1) is 15.5. The van der Waals surface area contributed by atoms with Crippen LogP contribution in [0.2, 0.25) is 0 Å². The average Bonchev–Trinajstić information content (AvgIpc) is 3.47. The van der Waals surface area contributed by atoms with Gasteiger partial charge in [-0.3, -0.25) is 9.59 Å². The molecule has 1 atom stereocenters. The first kappa shape index (κ1) is 24.0. The zero-order valence-corrected chi connectivity index (χ0v) is 20.1. The first-order valence-corrected chi connectivity index (χ1v) is 12.3. The van der Waals surface area contributed by atoms with Gasteiger partial charge in [0.25, 0.3) is 0 Å². The lowest BCUT2D eigenvalue weighted by molar-refractivity contribution is -0.140. The molecule has 7 heteroatoms. The molecule has 1 unspecified atom stereocenters. The lowest BCUT2D eigenvalue weighted by atomic mass is 9.93. The van der Waals surface area contributed by atoms with E-state index in [9.17, 15) is 9.59 Å². The van der Waals surface area contributed by atoms with Gasteiger partial charge in [-0.1, -0.05) is 43.1 Å². The van der Waals surface area contributed by atoms with Gasteiger partial charge in [-0.2, -0.15) is 0 Å². The van der Waals surface area contributed by atoms with Gasteiger partial charge in [0, 0.05) is 23.3 Å². The van der Waals surface area contributed by atoms with E-state index in [0.29, 0.717) is 6.54 Å². The first-order valence-electron chi connectivity index (χ1n) is 11.4. The molecule has 0 spiro atoms. The van der Waals surface area contributed by atoms with Crippen LogP contribution in [0.25, 0.3) is 0 Å². The van der Waals surface area contributed by atoms with E-state index in [1.807, 2.05) is 50.4 Å². The van der Waals surface area contributed by atoms with Crippen LogP contribution in [0.1, 0.15) is 57.8 Å². The van der Waals surface area contributed by atoms with Crippen LogP contribution < -0.4 is 5.32 Å². The van der Waals surface area contributed by atoms with Crippen LogP contribution in [0.15, 0.2) is 59.5 Å². The van der Waals surface area contributed by atoms with Crippen molar-refractivity contribution in [3.05, 3.63) is 64.4 Å². The van der Waals surface area contributed by atoms with Crippen molar-refractivity contribution >= 4 is 23.2 Å². The van der Waals surface area contributed by atoms with Gasteiger partial charge in [-0.25, -0.2) is 4.98 Å². The molecule has 1 aliphatic carbocycles. The highest BCUT2D eigenvalue weighted by Gasteiger charge is 2.34. The SMILES string of the molecule is C/C=C\C(=C(C)C)C(C(=O)NC1CCCCC1)N(Cc1cccs1)C(=O)Cn1ccnc1. The van der Waals surface area contributed by atoms with E-state index in [4.69, 9.17) is 0 Å². The quantitative estimate of drug-likeness (QED) is 0.558. The minimum Gasteiger partial charge on any atom is -0.351 e. The summed E-state index contributed by atoms with van der Waals surface area (Å²) in [4.78, 5) is 34.1. The summed E-state index contributed by atoms with van der Waals surface area (Å²) in [7, 11) is 0. The number of allylic oxidation sites excluding steroid dienone is 2. The van der Waals surface area contributed by atoms with Gasteiger partial charge in [0.05, 0.1) is 12.9 Å². The van der Waals surface area contributed by atoms with Crippen molar-refractivity contribution in [1.82, 2.24) is 19.8 Å². The summed E-state index contributed by atoms with van der Waals surface area (Å²) < 4.78 is 1.75. The Kier molecular flexibility index (Phi) is 8.85. The number of rotatable bonds is 9. The Morgan fingerprint density at radius 1 is 1.31 bits per heavy atom. The molecule has 6 nitrogen and oxygen atoms in total. The van der Waals surface area contributed by atoms with E-state index in [0.717, 1.165) is 41.7 Å². The maximum absolute atomic E-state index is 13.7. The van der Waals surface area contributed by atoms with Crippen LogP contribution >= 0.6 is 11.3 Å². The zero-order valence-electron chi connectivity index (χ0n) is 19.3. The molecule has 2 amide bonds. The summed E-state index contributed by atoms with van der Waals surface area (Å²) in [6, 6.07) is 3.48. The summed E-state index contributed by atoms with van der Waals surface area (Å²) in [6.45, 7) is 6.47. The molecule has 0 saturated heterocycles. The second-order valence-electron chi connectivity index (χ2n) is 8.54. The largest absolute Gasteiger partial charge is 0.351 e. The molecule has 2 aromatic rings. The minimum absolute atomic E-state index is 0.0956. The normalized spacial score (nSPS) is 15.5. The summed E-state index contributed by atoms with van der Waals surface area (Å²) in [5.74, 6) is -0.204. The third kappa shape index (κ3) is 6.42. The van der Waals surface area contributed by atoms with Gasteiger partial charge in [-0.05, 0) is 50.6 Å². The van der Waals surface area contributed by atoms with Gasteiger partial charge in [0.1, 0.15) is 12.6 Å². The Labute approximate surface area is 195 Å². The van der Waals surface area contributed by atoms with Gasteiger partial charge in [-0.15, -0.1) is 11.3 Å². The van der Waals surface area contributed by atoms with Crippen LogP contribution in [0.3, 0.4) is 0 Å². The van der Waals surface area contributed by atoms with Crippen molar-refractivity contribution in [1.29, 1.82) is 0 Å². The standard InChI is InChI=1S/C25H34N4O2S/c1-4-9-22(19(2)3)24(25(31)27-20-10-6-5-7-11-20)29(16-21-12-8-15-32-21)23(30)17-28-14-13-26-18-28/h4,8-9,12-15,18,20,24H,5-7,10-11,16-17H2,1-3H3,(H,27,31)/b9-4-. The zero-order chi connectivity index (χ0) is 22.9. The van der Waals surface area contributed by atoms with E-state index in [2.05, 4.69) is 10.3 Å². The molecule has 32 heavy (non-hydrogen) atoms. The van der Waals surface area contributed by atoms with E-state index < -0.39 is 6.04 Å². The monoisotopic (exact) mass is 454 g/mol. The molecule has 1 fully saturated rings. The number of nitrogens with zero attached hydrogens (tertiary/aromatic N) is 3. The van der Waals surface area contributed by atoms with E-state index >= 15 is 0 Å². The summed E-state index contributed by atoms with van der Waals surface area (Å²) >= 11 is 1.60. The molecular formula is C25H34N4O2S. The predicted molar refractivity (Wildman–Crippen MR) is 129 cm³/mol. The Balaban J connectivity index is 1.96. The van der Waals surface area contributed by atoms with Crippen molar-refractivity contribution < 1.29 is 9.59 Å².